The number of halogens is 1. The molecule has 2 amide bonds. The van der Waals surface area contributed by atoms with Gasteiger partial charge in [-0.2, -0.15) is 0 Å². The van der Waals surface area contributed by atoms with E-state index in [1.54, 1.807) is 24.3 Å². The van der Waals surface area contributed by atoms with E-state index < -0.39 is 5.91 Å². The van der Waals surface area contributed by atoms with Gasteiger partial charge in [0.25, 0.3) is 11.8 Å². The summed E-state index contributed by atoms with van der Waals surface area (Å²) in [5.41, 5.74) is 4.75. The highest BCUT2D eigenvalue weighted by Gasteiger charge is 2.40. The van der Waals surface area contributed by atoms with Crippen LogP contribution in [0.5, 0.6) is 0 Å². The number of amides is 2. The topological polar surface area (TPSA) is 49.4 Å². The fraction of sp³-hybridized carbons (Fsp3) is 0.185. The lowest BCUT2D eigenvalue weighted by molar-refractivity contribution is -0.120. The van der Waals surface area contributed by atoms with E-state index in [-0.39, 0.29) is 17.0 Å². The number of rotatable bonds is 4. The highest BCUT2D eigenvalue weighted by Crippen LogP contribution is 2.35. The predicted molar refractivity (Wildman–Crippen MR) is 131 cm³/mol. The van der Waals surface area contributed by atoms with Gasteiger partial charge in [0.2, 0.25) is 0 Å². The van der Waals surface area contributed by atoms with Crippen molar-refractivity contribution in [2.45, 2.75) is 33.1 Å². The second-order valence-corrected chi connectivity index (χ2v) is 9.43. The fourth-order valence-corrected chi connectivity index (χ4v) is 3.87. The summed E-state index contributed by atoms with van der Waals surface area (Å²) in [5.74, 6) is -0.789. The first-order valence-electron chi connectivity index (χ1n) is 10.5. The quantitative estimate of drug-likeness (QED) is 0.477. The zero-order valence-corrected chi connectivity index (χ0v) is 19.3. The molecule has 0 atom stereocenters. The van der Waals surface area contributed by atoms with Crippen LogP contribution in [0.4, 0.5) is 11.4 Å². The Morgan fingerprint density at radius 1 is 0.844 bits per heavy atom. The molecule has 32 heavy (non-hydrogen) atoms. The minimum Gasteiger partial charge on any atom is -0.350 e. The number of carbonyl (C=O) groups excluding carboxylic acids is 2. The Morgan fingerprint density at radius 3 is 2.09 bits per heavy atom. The maximum atomic E-state index is 13.5. The SMILES string of the molecule is Cc1ccc(C2=C(Nc3ccc(C(C)(C)C)cc3)C(=O)N(c3cccc(Cl)c3)C2=O)cc1. The number of nitrogens with one attached hydrogen (secondary N) is 1. The van der Waals surface area contributed by atoms with Gasteiger partial charge in [0, 0.05) is 10.7 Å². The van der Waals surface area contributed by atoms with Crippen LogP contribution < -0.4 is 10.2 Å². The van der Waals surface area contributed by atoms with Crippen molar-refractivity contribution < 1.29 is 9.59 Å². The van der Waals surface area contributed by atoms with Crippen LogP contribution in [0.2, 0.25) is 5.02 Å². The molecular weight excluding hydrogens is 420 g/mol. The van der Waals surface area contributed by atoms with Crippen LogP contribution >= 0.6 is 11.6 Å². The van der Waals surface area contributed by atoms with Gasteiger partial charge in [-0.25, -0.2) is 4.90 Å². The molecule has 0 radical (unpaired) electrons. The Labute approximate surface area is 193 Å². The van der Waals surface area contributed by atoms with E-state index >= 15 is 0 Å². The summed E-state index contributed by atoms with van der Waals surface area (Å²) in [6.45, 7) is 8.43. The smallest absolute Gasteiger partial charge is 0.282 e. The molecule has 5 heteroatoms. The fourth-order valence-electron chi connectivity index (χ4n) is 3.68. The molecule has 0 aromatic heterocycles. The molecule has 0 bridgehead atoms. The van der Waals surface area contributed by atoms with E-state index in [1.807, 2.05) is 55.5 Å². The minimum absolute atomic E-state index is 0.0212. The van der Waals surface area contributed by atoms with E-state index in [0.717, 1.165) is 11.3 Å². The summed E-state index contributed by atoms with van der Waals surface area (Å²) in [6, 6.07) is 22.3. The average Bonchev–Trinajstić information content (AvgIpc) is 2.98. The number of aryl methyl sites for hydroxylation is 1. The molecule has 0 spiro atoms. The Kier molecular flexibility index (Phi) is 5.66. The maximum Gasteiger partial charge on any atom is 0.282 e. The molecule has 0 fully saturated rings. The number of nitrogens with zero attached hydrogens (tertiary/aromatic N) is 1. The first-order valence-corrected chi connectivity index (χ1v) is 10.9. The maximum absolute atomic E-state index is 13.5. The molecule has 1 N–H and O–H groups in total. The Morgan fingerprint density at radius 2 is 1.50 bits per heavy atom. The first kappa shape index (κ1) is 21.8. The van der Waals surface area contributed by atoms with Gasteiger partial charge in [0.15, 0.2) is 0 Å². The zero-order chi connectivity index (χ0) is 23.0. The lowest BCUT2D eigenvalue weighted by Gasteiger charge is -2.19. The van der Waals surface area contributed by atoms with Crippen molar-refractivity contribution in [3.63, 3.8) is 0 Å². The normalized spacial score (nSPS) is 14.3. The number of anilines is 2. The predicted octanol–water partition coefficient (Wildman–Crippen LogP) is 6.34. The van der Waals surface area contributed by atoms with Crippen LogP contribution in [-0.4, -0.2) is 11.8 Å². The number of benzene rings is 3. The average molecular weight is 445 g/mol. The van der Waals surface area contributed by atoms with Crippen LogP contribution in [0.3, 0.4) is 0 Å². The highest BCUT2D eigenvalue weighted by molar-refractivity contribution is 6.46. The molecule has 3 aromatic carbocycles. The lowest BCUT2D eigenvalue weighted by atomic mass is 9.87. The van der Waals surface area contributed by atoms with E-state index in [1.165, 1.54) is 10.5 Å². The molecule has 1 heterocycles. The Balaban J connectivity index is 1.78. The van der Waals surface area contributed by atoms with Crippen molar-refractivity contribution in [3.8, 4) is 0 Å². The van der Waals surface area contributed by atoms with Gasteiger partial charge in [-0.3, -0.25) is 9.59 Å². The first-order chi connectivity index (χ1) is 15.1. The standard InChI is InChI=1S/C27H25ClN2O2/c1-17-8-10-18(11-9-17)23-24(29-21-14-12-19(13-15-21)27(2,3)4)26(32)30(25(23)31)22-7-5-6-20(28)16-22/h5-16,29H,1-4H3. The summed E-state index contributed by atoms with van der Waals surface area (Å²) < 4.78 is 0. The van der Waals surface area contributed by atoms with Gasteiger partial charge in [-0.05, 0) is 53.8 Å². The van der Waals surface area contributed by atoms with Crippen molar-refractivity contribution in [3.05, 3.63) is 100 Å². The molecule has 4 rings (SSSR count). The number of hydrogen-bond donors (Lipinski definition) is 1. The molecular formula is C27H25ClN2O2. The van der Waals surface area contributed by atoms with E-state index in [9.17, 15) is 9.59 Å². The summed E-state index contributed by atoms with van der Waals surface area (Å²) >= 11 is 6.13. The van der Waals surface area contributed by atoms with Gasteiger partial charge in [-0.1, -0.05) is 80.4 Å². The van der Waals surface area contributed by atoms with Crippen LogP contribution in [0.15, 0.2) is 78.5 Å². The third-order valence-corrected chi connectivity index (χ3v) is 5.75. The van der Waals surface area contributed by atoms with Crippen LogP contribution in [0, 0.1) is 6.92 Å². The molecule has 0 aliphatic carbocycles. The van der Waals surface area contributed by atoms with E-state index in [2.05, 4.69) is 26.1 Å². The summed E-state index contributed by atoms with van der Waals surface area (Å²) in [4.78, 5) is 28.1. The monoisotopic (exact) mass is 444 g/mol. The second-order valence-electron chi connectivity index (χ2n) is 8.99. The van der Waals surface area contributed by atoms with Gasteiger partial charge >= 0.3 is 0 Å². The van der Waals surface area contributed by atoms with Crippen molar-refractivity contribution in [2.24, 2.45) is 0 Å². The minimum atomic E-state index is -0.410. The molecule has 4 nitrogen and oxygen atoms in total. The van der Waals surface area contributed by atoms with Crippen molar-refractivity contribution >= 4 is 40.4 Å². The van der Waals surface area contributed by atoms with Gasteiger partial charge in [0.1, 0.15) is 5.70 Å². The van der Waals surface area contributed by atoms with Crippen LogP contribution in [-0.2, 0) is 15.0 Å². The van der Waals surface area contributed by atoms with E-state index in [0.29, 0.717) is 21.8 Å². The molecule has 3 aromatic rings. The zero-order valence-electron chi connectivity index (χ0n) is 18.6. The molecule has 1 aliphatic rings. The third kappa shape index (κ3) is 4.19. The Bertz CT molecular complexity index is 1220. The molecule has 162 valence electrons. The molecule has 0 unspecified atom stereocenters. The number of hydrogen-bond acceptors (Lipinski definition) is 3. The molecule has 0 saturated carbocycles. The van der Waals surface area contributed by atoms with Crippen LogP contribution in [0.1, 0.15) is 37.5 Å². The van der Waals surface area contributed by atoms with Gasteiger partial charge < -0.3 is 5.32 Å². The summed E-state index contributed by atoms with van der Waals surface area (Å²) in [6.07, 6.45) is 0. The molecule has 1 aliphatic heterocycles. The second kappa shape index (κ2) is 8.29. The Hall–Kier alpha value is -3.37. The van der Waals surface area contributed by atoms with Crippen molar-refractivity contribution in [2.75, 3.05) is 10.2 Å². The number of carbonyl (C=O) groups is 2. The lowest BCUT2D eigenvalue weighted by Crippen LogP contribution is -2.32. The van der Waals surface area contributed by atoms with Gasteiger partial charge in [-0.15, -0.1) is 0 Å². The summed E-state index contributed by atoms with van der Waals surface area (Å²) in [5, 5.41) is 3.67. The van der Waals surface area contributed by atoms with E-state index in [4.69, 9.17) is 11.6 Å². The van der Waals surface area contributed by atoms with Crippen molar-refractivity contribution in [1.29, 1.82) is 0 Å². The largest absolute Gasteiger partial charge is 0.350 e. The van der Waals surface area contributed by atoms with Crippen molar-refractivity contribution in [1.82, 2.24) is 0 Å². The van der Waals surface area contributed by atoms with Gasteiger partial charge in [0.05, 0.1) is 11.3 Å². The molecule has 0 saturated heterocycles. The summed E-state index contributed by atoms with van der Waals surface area (Å²) in [7, 11) is 0. The number of imide groups is 1. The van der Waals surface area contributed by atoms with Crippen LogP contribution in [0.25, 0.3) is 5.57 Å². The third-order valence-electron chi connectivity index (χ3n) is 5.51. The highest BCUT2D eigenvalue weighted by atomic mass is 35.5.